The molecule has 1 aromatic carbocycles. The van der Waals surface area contributed by atoms with E-state index in [1.54, 1.807) is 7.11 Å². The van der Waals surface area contributed by atoms with E-state index in [2.05, 4.69) is 18.7 Å². The first-order valence-corrected chi connectivity index (χ1v) is 9.08. The Kier molecular flexibility index (Phi) is 7.18. The minimum Gasteiger partial charge on any atom is -0.493 e. The second-order valence-electron chi connectivity index (χ2n) is 6.63. The van der Waals surface area contributed by atoms with Crippen molar-refractivity contribution in [2.24, 2.45) is 5.92 Å². The number of aliphatic hydroxyl groups excluding tert-OH is 1. The lowest BCUT2D eigenvalue weighted by Gasteiger charge is -2.35. The van der Waals surface area contributed by atoms with Crippen LogP contribution in [0.25, 0.3) is 0 Å². The third-order valence-corrected chi connectivity index (χ3v) is 4.83. The summed E-state index contributed by atoms with van der Waals surface area (Å²) in [6.07, 6.45) is 3.45. The van der Waals surface area contributed by atoms with E-state index in [4.69, 9.17) is 15.2 Å². The zero-order valence-electron chi connectivity index (χ0n) is 15.3. The monoisotopic (exact) mass is 336 g/mol. The Hall–Kier alpha value is -1.46. The molecule has 5 heteroatoms. The molecule has 1 aliphatic rings. The average molecular weight is 336 g/mol. The van der Waals surface area contributed by atoms with Crippen LogP contribution in [0.1, 0.15) is 38.7 Å². The first kappa shape index (κ1) is 18.9. The van der Waals surface area contributed by atoms with Gasteiger partial charge in [0.05, 0.1) is 25.5 Å². The van der Waals surface area contributed by atoms with Crippen LogP contribution in [0, 0.1) is 5.92 Å². The Morgan fingerprint density at radius 3 is 2.79 bits per heavy atom. The van der Waals surface area contributed by atoms with Gasteiger partial charge in [-0.1, -0.05) is 20.3 Å². The van der Waals surface area contributed by atoms with Crippen LogP contribution in [0.2, 0.25) is 0 Å². The number of hydrogen-bond acceptors (Lipinski definition) is 5. The van der Waals surface area contributed by atoms with E-state index in [9.17, 15) is 5.11 Å². The first-order valence-electron chi connectivity index (χ1n) is 9.08. The molecule has 2 rings (SSSR count). The van der Waals surface area contributed by atoms with Gasteiger partial charge in [0.25, 0.3) is 0 Å². The maximum absolute atomic E-state index is 10.3. The van der Waals surface area contributed by atoms with Crippen LogP contribution in [-0.2, 0) is 6.42 Å². The maximum Gasteiger partial charge on any atom is 0.184 e. The number of ether oxygens (including phenoxy) is 2. The van der Waals surface area contributed by atoms with Crippen LogP contribution in [0.4, 0.5) is 5.69 Å². The summed E-state index contributed by atoms with van der Waals surface area (Å²) >= 11 is 0. The molecule has 0 saturated carbocycles. The second kappa shape index (κ2) is 9.14. The quantitative estimate of drug-likeness (QED) is 0.564. The van der Waals surface area contributed by atoms with Gasteiger partial charge in [-0.3, -0.25) is 0 Å². The summed E-state index contributed by atoms with van der Waals surface area (Å²) in [5, 5.41) is 10.3. The van der Waals surface area contributed by atoms with Crippen molar-refractivity contribution in [3.63, 3.8) is 0 Å². The Labute approximate surface area is 145 Å². The number of piperidine rings is 1. The number of hydrogen-bond donors (Lipinski definition) is 2. The van der Waals surface area contributed by atoms with E-state index in [0.717, 1.165) is 50.9 Å². The molecule has 2 unspecified atom stereocenters. The van der Waals surface area contributed by atoms with Crippen molar-refractivity contribution in [2.75, 3.05) is 39.1 Å². The molecule has 24 heavy (non-hydrogen) atoms. The summed E-state index contributed by atoms with van der Waals surface area (Å²) in [5.74, 6) is 1.54. The molecule has 1 fully saturated rings. The molecule has 0 aliphatic carbocycles. The third kappa shape index (κ3) is 4.77. The van der Waals surface area contributed by atoms with Crippen molar-refractivity contribution in [3.05, 3.63) is 17.7 Å². The number of aliphatic hydroxyl groups is 1. The van der Waals surface area contributed by atoms with Gasteiger partial charge in [-0.25, -0.2) is 0 Å². The fraction of sp³-hybridized carbons (Fsp3) is 0.684. The minimum atomic E-state index is -0.250. The van der Waals surface area contributed by atoms with Gasteiger partial charge in [0, 0.05) is 19.0 Å². The Bertz CT molecular complexity index is 522. The summed E-state index contributed by atoms with van der Waals surface area (Å²) < 4.78 is 11.3. The highest BCUT2D eigenvalue weighted by Gasteiger charge is 2.27. The van der Waals surface area contributed by atoms with Crippen molar-refractivity contribution in [3.8, 4) is 11.5 Å². The van der Waals surface area contributed by atoms with Gasteiger partial charge in [-0.05, 0) is 43.5 Å². The molecule has 0 radical (unpaired) electrons. The third-order valence-electron chi connectivity index (χ3n) is 4.83. The lowest BCUT2D eigenvalue weighted by molar-refractivity contribution is 0.0290. The van der Waals surface area contributed by atoms with Gasteiger partial charge in [0.1, 0.15) is 0 Å². The molecule has 0 bridgehead atoms. The van der Waals surface area contributed by atoms with Crippen molar-refractivity contribution < 1.29 is 14.6 Å². The fourth-order valence-corrected chi connectivity index (χ4v) is 3.31. The Balaban J connectivity index is 2.11. The molecule has 1 aliphatic heterocycles. The number of rotatable bonds is 8. The number of likely N-dealkylation sites (tertiary alicyclic amines) is 1. The van der Waals surface area contributed by atoms with Crippen LogP contribution in [-0.4, -0.2) is 49.5 Å². The molecule has 5 nitrogen and oxygen atoms in total. The highest BCUT2D eigenvalue weighted by Crippen LogP contribution is 2.36. The number of nitrogens with two attached hydrogens (primary N) is 1. The summed E-state index contributed by atoms with van der Waals surface area (Å²) in [5.41, 5.74) is 7.90. The maximum atomic E-state index is 10.3. The van der Waals surface area contributed by atoms with Crippen molar-refractivity contribution in [1.82, 2.24) is 4.90 Å². The molecule has 3 N–H and O–H groups in total. The van der Waals surface area contributed by atoms with E-state index < -0.39 is 0 Å². The van der Waals surface area contributed by atoms with Gasteiger partial charge >= 0.3 is 0 Å². The van der Waals surface area contributed by atoms with Gasteiger partial charge in [-0.2, -0.15) is 0 Å². The predicted octanol–water partition coefficient (Wildman–Crippen LogP) is 2.70. The van der Waals surface area contributed by atoms with Crippen molar-refractivity contribution >= 4 is 5.69 Å². The summed E-state index contributed by atoms with van der Waals surface area (Å²) in [6.45, 7) is 7.86. The molecule has 1 saturated heterocycles. The average Bonchev–Trinajstić information content (AvgIpc) is 2.58. The van der Waals surface area contributed by atoms with Gasteiger partial charge < -0.3 is 25.2 Å². The molecular formula is C19H32N2O3. The fourth-order valence-electron chi connectivity index (χ4n) is 3.31. The topological polar surface area (TPSA) is 68.0 Å². The molecule has 136 valence electrons. The van der Waals surface area contributed by atoms with E-state index in [1.165, 1.54) is 0 Å². The smallest absolute Gasteiger partial charge is 0.184 e. The lowest BCUT2D eigenvalue weighted by atomic mass is 9.88. The number of benzene rings is 1. The molecule has 2 atom stereocenters. The van der Waals surface area contributed by atoms with E-state index in [1.807, 2.05) is 12.1 Å². The summed E-state index contributed by atoms with van der Waals surface area (Å²) in [7, 11) is 1.64. The highest BCUT2D eigenvalue weighted by atomic mass is 16.5. The van der Waals surface area contributed by atoms with Crippen LogP contribution in [0.5, 0.6) is 11.5 Å². The van der Waals surface area contributed by atoms with Crippen LogP contribution < -0.4 is 15.2 Å². The number of nitrogen functional groups attached to an aromatic ring is 1. The highest BCUT2D eigenvalue weighted by molar-refractivity contribution is 5.62. The molecular weight excluding hydrogens is 304 g/mol. The normalized spacial score (nSPS) is 21.7. The van der Waals surface area contributed by atoms with Crippen molar-refractivity contribution in [1.29, 1.82) is 0 Å². The standard InChI is InChI=1S/C19H32N2O3/c1-4-6-9-24-19-16(20)11-14(12-18(19)23-3)10-15-13-21(5-2)8-7-17(15)22/h11-12,15,17,22H,4-10,13,20H2,1-3H3. The largest absolute Gasteiger partial charge is 0.493 e. The van der Waals surface area contributed by atoms with Crippen LogP contribution in [0.3, 0.4) is 0 Å². The molecule has 1 heterocycles. The van der Waals surface area contributed by atoms with Gasteiger partial charge in [0.2, 0.25) is 0 Å². The minimum absolute atomic E-state index is 0.231. The van der Waals surface area contributed by atoms with Gasteiger partial charge in [0.15, 0.2) is 11.5 Å². The van der Waals surface area contributed by atoms with Crippen molar-refractivity contribution in [2.45, 2.75) is 45.6 Å². The Morgan fingerprint density at radius 2 is 2.12 bits per heavy atom. The van der Waals surface area contributed by atoms with E-state index >= 15 is 0 Å². The number of methoxy groups -OCH3 is 1. The number of nitrogens with zero attached hydrogens (tertiary/aromatic N) is 1. The first-order chi connectivity index (χ1) is 11.6. The van der Waals surface area contributed by atoms with E-state index in [-0.39, 0.29) is 12.0 Å². The SMILES string of the molecule is CCCCOc1c(N)cc(CC2CN(CC)CCC2O)cc1OC. The van der Waals surface area contributed by atoms with E-state index in [0.29, 0.717) is 23.8 Å². The molecule has 1 aromatic rings. The summed E-state index contributed by atoms with van der Waals surface area (Å²) in [6, 6.07) is 3.96. The molecule has 0 amide bonds. The second-order valence-corrected chi connectivity index (χ2v) is 6.63. The zero-order chi connectivity index (χ0) is 17.5. The number of unbranched alkanes of at least 4 members (excludes halogenated alkanes) is 1. The molecule has 0 aromatic heterocycles. The van der Waals surface area contributed by atoms with Crippen LogP contribution in [0.15, 0.2) is 12.1 Å². The summed E-state index contributed by atoms with van der Waals surface area (Å²) in [4.78, 5) is 2.39. The lowest BCUT2D eigenvalue weighted by Crippen LogP contribution is -2.43. The molecule has 0 spiro atoms. The predicted molar refractivity (Wildman–Crippen MR) is 97.7 cm³/mol. The zero-order valence-corrected chi connectivity index (χ0v) is 15.3. The van der Waals surface area contributed by atoms with Crippen LogP contribution >= 0.6 is 0 Å². The number of anilines is 1. The van der Waals surface area contributed by atoms with Gasteiger partial charge in [-0.15, -0.1) is 0 Å². The Morgan fingerprint density at radius 1 is 1.33 bits per heavy atom.